The van der Waals surface area contributed by atoms with Crippen LogP contribution >= 0.6 is 22.6 Å². The van der Waals surface area contributed by atoms with E-state index >= 15 is 0 Å². The molecule has 1 saturated heterocycles. The molecule has 2 heterocycles. The first-order valence-electron chi connectivity index (χ1n) is 7.75. The summed E-state index contributed by atoms with van der Waals surface area (Å²) in [7, 11) is 4.37. The Hall–Kier alpha value is -0.470. The van der Waals surface area contributed by atoms with Crippen molar-refractivity contribution in [3.05, 3.63) is 15.1 Å². The summed E-state index contributed by atoms with van der Waals surface area (Å²) < 4.78 is 1.16. The lowest BCUT2D eigenvalue weighted by atomic mass is 10.2. The maximum Gasteiger partial charge on any atom is 0.149 e. The molecule has 1 fully saturated rings. The highest BCUT2D eigenvalue weighted by Crippen LogP contribution is 2.26. The summed E-state index contributed by atoms with van der Waals surface area (Å²) in [6.07, 6.45) is 2.15. The fourth-order valence-corrected chi connectivity index (χ4v) is 3.54. The molecule has 0 spiro atoms. The van der Waals surface area contributed by atoms with Crippen molar-refractivity contribution in [3.8, 4) is 0 Å². The number of rotatable bonds is 4. The zero-order valence-corrected chi connectivity index (χ0v) is 15.6. The maximum atomic E-state index is 4.86. The van der Waals surface area contributed by atoms with E-state index < -0.39 is 0 Å². The first-order valence-corrected chi connectivity index (χ1v) is 8.83. The largest absolute Gasteiger partial charge is 0.369 e. The third kappa shape index (κ3) is 4.04. The molecular weight excluding hydrogens is 377 g/mol. The SMILES string of the molecule is CCNc1nc(C2CN(C)CCCN2C)nc(CC)c1I. The van der Waals surface area contributed by atoms with Gasteiger partial charge in [0.1, 0.15) is 11.6 Å². The molecule has 21 heavy (non-hydrogen) atoms. The Bertz CT molecular complexity index is 479. The first-order chi connectivity index (χ1) is 10.1. The molecule has 6 heteroatoms. The predicted octanol–water partition coefficient (Wildman–Crippen LogP) is 2.38. The molecule has 1 aliphatic rings. The average molecular weight is 403 g/mol. The van der Waals surface area contributed by atoms with Gasteiger partial charge in [-0.15, -0.1) is 0 Å². The van der Waals surface area contributed by atoms with Gasteiger partial charge in [-0.2, -0.15) is 0 Å². The van der Waals surface area contributed by atoms with Gasteiger partial charge in [-0.25, -0.2) is 9.97 Å². The lowest BCUT2D eigenvalue weighted by Gasteiger charge is -2.27. The third-order valence-electron chi connectivity index (χ3n) is 3.98. The number of aryl methyl sites for hydroxylation is 1. The molecule has 1 aliphatic heterocycles. The van der Waals surface area contributed by atoms with E-state index in [0.29, 0.717) is 0 Å². The summed E-state index contributed by atoms with van der Waals surface area (Å²) in [6.45, 7) is 8.39. The molecule has 5 nitrogen and oxygen atoms in total. The monoisotopic (exact) mass is 403 g/mol. The van der Waals surface area contributed by atoms with E-state index in [1.807, 2.05) is 0 Å². The second-order valence-corrected chi connectivity index (χ2v) is 6.77. The number of aromatic nitrogens is 2. The molecule has 0 saturated carbocycles. The topological polar surface area (TPSA) is 44.3 Å². The summed E-state index contributed by atoms with van der Waals surface area (Å²) >= 11 is 2.36. The third-order valence-corrected chi connectivity index (χ3v) is 5.12. The quantitative estimate of drug-likeness (QED) is 0.783. The number of hydrogen-bond acceptors (Lipinski definition) is 5. The summed E-state index contributed by atoms with van der Waals surface area (Å²) in [4.78, 5) is 14.5. The van der Waals surface area contributed by atoms with Crippen LogP contribution in [0.15, 0.2) is 0 Å². The van der Waals surface area contributed by atoms with Crippen molar-refractivity contribution in [2.75, 3.05) is 45.6 Å². The Morgan fingerprint density at radius 2 is 2.00 bits per heavy atom. The lowest BCUT2D eigenvalue weighted by molar-refractivity contribution is 0.219. The zero-order valence-electron chi connectivity index (χ0n) is 13.5. The Balaban J connectivity index is 2.38. The fourth-order valence-electron chi connectivity index (χ4n) is 2.73. The van der Waals surface area contributed by atoms with Gasteiger partial charge in [-0.3, -0.25) is 4.90 Å². The van der Waals surface area contributed by atoms with Crippen molar-refractivity contribution in [1.82, 2.24) is 19.8 Å². The average Bonchev–Trinajstić information content (AvgIpc) is 2.63. The van der Waals surface area contributed by atoms with Gasteiger partial charge in [0.25, 0.3) is 0 Å². The molecule has 1 atom stereocenters. The molecule has 0 bridgehead atoms. The van der Waals surface area contributed by atoms with Crippen LogP contribution in [0.3, 0.4) is 0 Å². The molecule has 1 N–H and O–H groups in total. The van der Waals surface area contributed by atoms with Crippen molar-refractivity contribution >= 4 is 28.4 Å². The molecule has 0 aliphatic carbocycles. The molecule has 1 aromatic rings. The maximum absolute atomic E-state index is 4.86. The second-order valence-electron chi connectivity index (χ2n) is 5.69. The predicted molar refractivity (Wildman–Crippen MR) is 95.8 cm³/mol. The highest BCUT2D eigenvalue weighted by atomic mass is 127. The van der Waals surface area contributed by atoms with Crippen molar-refractivity contribution in [2.24, 2.45) is 0 Å². The standard InChI is InChI=1S/C15H26IN5/c1-5-11-13(16)15(17-6-2)19-14(18-11)12-10-20(3)8-7-9-21(12)4/h12H,5-10H2,1-4H3,(H,17,18,19). The zero-order chi connectivity index (χ0) is 15.4. The van der Waals surface area contributed by atoms with Crippen LogP contribution in [-0.4, -0.2) is 60.0 Å². The van der Waals surface area contributed by atoms with Crippen LogP contribution in [0.1, 0.15) is 37.8 Å². The number of nitrogens with zero attached hydrogens (tertiary/aromatic N) is 4. The van der Waals surface area contributed by atoms with Gasteiger partial charge in [0.05, 0.1) is 15.3 Å². The van der Waals surface area contributed by atoms with Crippen LogP contribution in [0.5, 0.6) is 0 Å². The van der Waals surface area contributed by atoms with Crippen LogP contribution < -0.4 is 5.32 Å². The van der Waals surface area contributed by atoms with Crippen LogP contribution in [0, 0.1) is 3.57 Å². The van der Waals surface area contributed by atoms with E-state index in [4.69, 9.17) is 9.97 Å². The van der Waals surface area contributed by atoms with Crippen LogP contribution in [-0.2, 0) is 6.42 Å². The van der Waals surface area contributed by atoms with Gasteiger partial charge < -0.3 is 10.2 Å². The van der Waals surface area contributed by atoms with E-state index in [9.17, 15) is 0 Å². The van der Waals surface area contributed by atoms with Crippen molar-refractivity contribution < 1.29 is 0 Å². The summed E-state index contributed by atoms with van der Waals surface area (Å²) in [5.41, 5.74) is 1.15. The van der Waals surface area contributed by atoms with Gasteiger partial charge in [-0.1, -0.05) is 6.92 Å². The number of anilines is 1. The number of likely N-dealkylation sites (N-methyl/N-ethyl adjacent to an activating group) is 2. The van der Waals surface area contributed by atoms with Gasteiger partial charge in [0, 0.05) is 13.1 Å². The Labute approximate surface area is 141 Å². The summed E-state index contributed by atoms with van der Waals surface area (Å²) in [5.74, 6) is 1.94. The number of halogens is 1. The molecule has 2 rings (SSSR count). The van der Waals surface area contributed by atoms with Gasteiger partial charge >= 0.3 is 0 Å². The highest BCUT2D eigenvalue weighted by molar-refractivity contribution is 14.1. The van der Waals surface area contributed by atoms with Crippen molar-refractivity contribution in [2.45, 2.75) is 32.7 Å². The minimum Gasteiger partial charge on any atom is -0.369 e. The van der Waals surface area contributed by atoms with Gasteiger partial charge in [0.2, 0.25) is 0 Å². The van der Waals surface area contributed by atoms with Gasteiger partial charge in [0.15, 0.2) is 0 Å². The van der Waals surface area contributed by atoms with Gasteiger partial charge in [-0.05, 0) is 69.5 Å². The lowest BCUT2D eigenvalue weighted by Crippen LogP contribution is -2.32. The molecule has 1 aromatic heterocycles. The van der Waals surface area contributed by atoms with E-state index in [1.165, 1.54) is 6.42 Å². The van der Waals surface area contributed by atoms with E-state index in [0.717, 1.165) is 53.5 Å². The van der Waals surface area contributed by atoms with Crippen molar-refractivity contribution in [3.63, 3.8) is 0 Å². The molecule has 0 aromatic carbocycles. The Morgan fingerprint density at radius 3 is 2.67 bits per heavy atom. The van der Waals surface area contributed by atoms with E-state index in [2.05, 4.69) is 65.7 Å². The number of nitrogens with one attached hydrogen (secondary N) is 1. The summed E-state index contributed by atoms with van der Waals surface area (Å²) in [6, 6.07) is 0.275. The minimum absolute atomic E-state index is 0.275. The Morgan fingerprint density at radius 1 is 1.24 bits per heavy atom. The summed E-state index contributed by atoms with van der Waals surface area (Å²) in [5, 5.41) is 3.38. The van der Waals surface area contributed by atoms with Crippen LogP contribution in [0.2, 0.25) is 0 Å². The molecular formula is C15H26IN5. The van der Waals surface area contributed by atoms with Crippen LogP contribution in [0.4, 0.5) is 5.82 Å². The fraction of sp³-hybridized carbons (Fsp3) is 0.733. The second kappa shape index (κ2) is 7.69. The molecule has 118 valence electrons. The molecule has 0 amide bonds. The normalized spacial score (nSPS) is 21.3. The first kappa shape index (κ1) is 16.9. The molecule has 1 unspecified atom stereocenters. The Kier molecular flexibility index (Phi) is 6.19. The minimum atomic E-state index is 0.275. The number of hydrogen-bond donors (Lipinski definition) is 1. The van der Waals surface area contributed by atoms with Crippen LogP contribution in [0.25, 0.3) is 0 Å². The molecule has 0 radical (unpaired) electrons. The van der Waals surface area contributed by atoms with E-state index in [-0.39, 0.29) is 6.04 Å². The smallest absolute Gasteiger partial charge is 0.149 e. The highest BCUT2D eigenvalue weighted by Gasteiger charge is 2.26. The van der Waals surface area contributed by atoms with Crippen molar-refractivity contribution in [1.29, 1.82) is 0 Å². The van der Waals surface area contributed by atoms with E-state index in [1.54, 1.807) is 0 Å².